The highest BCUT2D eigenvalue weighted by Gasteiger charge is 2.17. The van der Waals surface area contributed by atoms with Crippen molar-refractivity contribution in [3.05, 3.63) is 22.9 Å². The minimum Gasteiger partial charge on any atom is -0.354 e. The highest BCUT2D eigenvalue weighted by Crippen LogP contribution is 2.22. The van der Waals surface area contributed by atoms with Crippen LogP contribution in [-0.4, -0.2) is 43.6 Å². The minimum atomic E-state index is 0.534. The number of rotatable bonds is 6. The molecule has 110 valence electrons. The van der Waals surface area contributed by atoms with Gasteiger partial charge in [-0.15, -0.1) is 0 Å². The number of likely N-dealkylation sites (N-methyl/N-ethyl adjacent to an activating group) is 1. The smallest absolute Gasteiger partial charge is 0.147 e. The van der Waals surface area contributed by atoms with E-state index in [2.05, 4.69) is 48.8 Å². The van der Waals surface area contributed by atoms with Crippen molar-refractivity contribution < 1.29 is 0 Å². The summed E-state index contributed by atoms with van der Waals surface area (Å²) in [4.78, 5) is 9.02. The fourth-order valence-corrected chi connectivity index (χ4v) is 2.23. The van der Waals surface area contributed by atoms with Crippen LogP contribution in [-0.2, 0) is 0 Å². The third kappa shape index (κ3) is 4.50. The van der Waals surface area contributed by atoms with Crippen molar-refractivity contribution in [2.75, 3.05) is 38.6 Å². The van der Waals surface area contributed by atoms with Gasteiger partial charge in [0.1, 0.15) is 11.9 Å². The number of hydrogen-bond donors (Lipinski definition) is 0. The number of aromatic nitrogens is 1. The molecule has 1 aromatic heterocycles. The quantitative estimate of drug-likeness (QED) is 0.799. The summed E-state index contributed by atoms with van der Waals surface area (Å²) in [5.41, 5.74) is 2.68. The molecule has 0 spiro atoms. The summed E-state index contributed by atoms with van der Waals surface area (Å²) in [6, 6.07) is 4.29. The molecule has 0 aromatic carbocycles. The van der Waals surface area contributed by atoms with E-state index in [1.807, 2.05) is 19.9 Å². The molecular formula is C16H26N4. The van der Waals surface area contributed by atoms with Crippen LogP contribution in [0.15, 0.2) is 6.07 Å². The first-order valence-electron chi connectivity index (χ1n) is 7.13. The summed E-state index contributed by atoms with van der Waals surface area (Å²) in [5, 5.41) is 9.42. The lowest BCUT2D eigenvalue weighted by Crippen LogP contribution is -2.35. The number of hydrogen-bond acceptors (Lipinski definition) is 4. The van der Waals surface area contributed by atoms with Crippen LogP contribution in [0.4, 0.5) is 5.82 Å². The Labute approximate surface area is 123 Å². The zero-order valence-electron chi connectivity index (χ0n) is 13.6. The van der Waals surface area contributed by atoms with Gasteiger partial charge in [-0.2, -0.15) is 5.26 Å². The second-order valence-electron chi connectivity index (χ2n) is 6.03. The van der Waals surface area contributed by atoms with E-state index < -0.39 is 0 Å². The Morgan fingerprint density at radius 3 is 2.40 bits per heavy atom. The lowest BCUT2D eigenvalue weighted by Gasteiger charge is -2.28. The fourth-order valence-electron chi connectivity index (χ4n) is 2.23. The molecule has 4 nitrogen and oxygen atoms in total. The first kappa shape index (κ1) is 16.5. The topological polar surface area (TPSA) is 43.2 Å². The van der Waals surface area contributed by atoms with Gasteiger partial charge >= 0.3 is 0 Å². The van der Waals surface area contributed by atoms with E-state index >= 15 is 0 Å². The molecule has 1 heterocycles. The second kappa shape index (κ2) is 7.25. The van der Waals surface area contributed by atoms with Gasteiger partial charge in [-0.3, -0.25) is 0 Å². The van der Waals surface area contributed by atoms with Crippen LogP contribution in [0.5, 0.6) is 0 Å². The van der Waals surface area contributed by atoms with Crippen LogP contribution in [0, 0.1) is 31.1 Å². The molecule has 0 atom stereocenters. The predicted molar refractivity (Wildman–Crippen MR) is 84.0 cm³/mol. The van der Waals surface area contributed by atoms with Gasteiger partial charge in [0.25, 0.3) is 0 Å². The summed E-state index contributed by atoms with van der Waals surface area (Å²) in [5.74, 6) is 1.37. The highest BCUT2D eigenvalue weighted by atomic mass is 15.2. The molecular weight excluding hydrogens is 248 g/mol. The Kier molecular flexibility index (Phi) is 5.97. The molecule has 1 rings (SSSR count). The van der Waals surface area contributed by atoms with Crippen LogP contribution < -0.4 is 4.90 Å². The Morgan fingerprint density at radius 1 is 1.25 bits per heavy atom. The molecule has 0 fully saturated rings. The Balaban J connectivity index is 3.15. The second-order valence-corrected chi connectivity index (χ2v) is 6.03. The van der Waals surface area contributed by atoms with Gasteiger partial charge in [0.15, 0.2) is 0 Å². The van der Waals surface area contributed by atoms with Crippen molar-refractivity contribution in [1.82, 2.24) is 9.88 Å². The standard InChI is InChI=1S/C16H26N4/c1-12(2)11-20(8-7-19(5)6)16-15(10-17)13(3)9-14(4)18-16/h9,12H,7-8,11H2,1-6H3. The summed E-state index contributed by atoms with van der Waals surface area (Å²) in [7, 11) is 4.13. The van der Waals surface area contributed by atoms with Crippen molar-refractivity contribution in [2.45, 2.75) is 27.7 Å². The molecule has 4 heteroatoms. The maximum absolute atomic E-state index is 9.42. The van der Waals surface area contributed by atoms with Crippen LogP contribution in [0.2, 0.25) is 0 Å². The third-order valence-electron chi connectivity index (χ3n) is 3.14. The van der Waals surface area contributed by atoms with Crippen molar-refractivity contribution in [3.63, 3.8) is 0 Å². The number of anilines is 1. The first-order valence-corrected chi connectivity index (χ1v) is 7.13. The summed E-state index contributed by atoms with van der Waals surface area (Å²) in [6.07, 6.45) is 0. The molecule has 0 aliphatic heterocycles. The van der Waals surface area contributed by atoms with Crippen molar-refractivity contribution in [2.24, 2.45) is 5.92 Å². The average molecular weight is 274 g/mol. The molecule has 20 heavy (non-hydrogen) atoms. The molecule has 0 unspecified atom stereocenters. The van der Waals surface area contributed by atoms with Gasteiger partial charge in [-0.05, 0) is 45.5 Å². The van der Waals surface area contributed by atoms with E-state index in [4.69, 9.17) is 0 Å². The first-order chi connectivity index (χ1) is 9.35. The maximum Gasteiger partial charge on any atom is 0.147 e. The van der Waals surface area contributed by atoms with Gasteiger partial charge < -0.3 is 9.80 Å². The Hall–Kier alpha value is -1.60. The Bertz CT molecular complexity index is 486. The van der Waals surface area contributed by atoms with Crippen LogP contribution in [0.3, 0.4) is 0 Å². The predicted octanol–water partition coefficient (Wildman–Crippen LogP) is 2.59. The molecule has 0 N–H and O–H groups in total. The van der Waals surface area contributed by atoms with Crippen LogP contribution in [0.25, 0.3) is 0 Å². The molecule has 0 radical (unpaired) electrons. The van der Waals surface area contributed by atoms with E-state index in [1.165, 1.54) is 0 Å². The summed E-state index contributed by atoms with van der Waals surface area (Å²) < 4.78 is 0. The third-order valence-corrected chi connectivity index (χ3v) is 3.14. The van der Waals surface area contributed by atoms with E-state index in [9.17, 15) is 5.26 Å². The highest BCUT2D eigenvalue weighted by molar-refractivity contribution is 5.58. The van der Waals surface area contributed by atoms with E-state index in [0.717, 1.165) is 36.7 Å². The number of nitriles is 1. The maximum atomic E-state index is 9.42. The molecule has 0 bridgehead atoms. The lowest BCUT2D eigenvalue weighted by atomic mass is 10.1. The van der Waals surface area contributed by atoms with E-state index in [-0.39, 0.29) is 0 Å². The van der Waals surface area contributed by atoms with Crippen LogP contribution >= 0.6 is 0 Å². The average Bonchev–Trinajstić information content (AvgIpc) is 2.33. The van der Waals surface area contributed by atoms with E-state index in [1.54, 1.807) is 0 Å². The van der Waals surface area contributed by atoms with Gasteiger partial charge in [-0.25, -0.2) is 4.98 Å². The normalized spacial score (nSPS) is 10.9. The summed E-state index contributed by atoms with van der Waals surface area (Å²) >= 11 is 0. The molecule has 0 saturated heterocycles. The molecule has 0 aliphatic rings. The zero-order chi connectivity index (χ0) is 15.3. The number of pyridine rings is 1. The largest absolute Gasteiger partial charge is 0.354 e. The monoisotopic (exact) mass is 274 g/mol. The number of aryl methyl sites for hydroxylation is 2. The molecule has 0 amide bonds. The van der Waals surface area contributed by atoms with Gasteiger partial charge in [-0.1, -0.05) is 13.8 Å². The number of nitrogens with zero attached hydrogens (tertiary/aromatic N) is 4. The van der Waals surface area contributed by atoms with Gasteiger partial charge in [0.05, 0.1) is 5.56 Å². The van der Waals surface area contributed by atoms with Crippen molar-refractivity contribution in [3.8, 4) is 6.07 Å². The SMILES string of the molecule is Cc1cc(C)c(C#N)c(N(CCN(C)C)CC(C)C)n1. The zero-order valence-corrected chi connectivity index (χ0v) is 13.6. The van der Waals surface area contributed by atoms with Gasteiger partial charge in [0, 0.05) is 25.3 Å². The summed E-state index contributed by atoms with van der Waals surface area (Å²) in [6.45, 7) is 11.1. The molecule has 0 saturated carbocycles. The van der Waals surface area contributed by atoms with Gasteiger partial charge in [0.2, 0.25) is 0 Å². The molecule has 1 aromatic rings. The fraction of sp³-hybridized carbons (Fsp3) is 0.625. The lowest BCUT2D eigenvalue weighted by molar-refractivity contribution is 0.408. The van der Waals surface area contributed by atoms with Crippen molar-refractivity contribution >= 4 is 5.82 Å². The van der Waals surface area contributed by atoms with Crippen molar-refractivity contribution in [1.29, 1.82) is 5.26 Å². The van der Waals surface area contributed by atoms with E-state index in [0.29, 0.717) is 11.5 Å². The van der Waals surface area contributed by atoms with Crippen LogP contribution in [0.1, 0.15) is 30.7 Å². The molecule has 0 aliphatic carbocycles. The Morgan fingerprint density at radius 2 is 1.90 bits per heavy atom. The minimum absolute atomic E-state index is 0.534.